The maximum Gasteiger partial charge on any atom is 0.210 e. The van der Waals surface area contributed by atoms with Gasteiger partial charge >= 0.3 is 0 Å². The van der Waals surface area contributed by atoms with Crippen molar-refractivity contribution in [1.82, 2.24) is 4.90 Å². The summed E-state index contributed by atoms with van der Waals surface area (Å²) >= 11 is 12.2. The second kappa shape index (κ2) is 8.02. The van der Waals surface area contributed by atoms with Gasteiger partial charge in [-0.05, 0) is 61.9 Å². The van der Waals surface area contributed by atoms with Crippen LogP contribution in [0.15, 0.2) is 36.4 Å². The average Bonchev–Trinajstić information content (AvgIpc) is 3.08. The van der Waals surface area contributed by atoms with Crippen molar-refractivity contribution in [2.24, 2.45) is 0 Å². The van der Waals surface area contributed by atoms with Gasteiger partial charge in [0.2, 0.25) is 6.41 Å². The first kappa shape index (κ1) is 19.3. The second-order valence-electron chi connectivity index (χ2n) is 7.52. The molecule has 2 nitrogen and oxygen atoms in total. The van der Waals surface area contributed by atoms with Crippen molar-refractivity contribution in [3.63, 3.8) is 0 Å². The second-order valence-corrected chi connectivity index (χ2v) is 8.33. The lowest BCUT2D eigenvalue weighted by Gasteiger charge is -2.40. The van der Waals surface area contributed by atoms with Crippen LogP contribution in [0.3, 0.4) is 0 Å². The molecule has 0 bridgehead atoms. The molecule has 1 aliphatic carbocycles. The lowest BCUT2D eigenvalue weighted by molar-refractivity contribution is -0.124. The van der Waals surface area contributed by atoms with Gasteiger partial charge in [-0.2, -0.15) is 0 Å². The molecule has 0 aromatic heterocycles. The summed E-state index contributed by atoms with van der Waals surface area (Å²) in [5.74, 6) is 0. The third-order valence-corrected chi connectivity index (χ3v) is 6.37. The molecule has 1 saturated carbocycles. The van der Waals surface area contributed by atoms with Crippen LogP contribution in [0, 0.1) is 13.8 Å². The van der Waals surface area contributed by atoms with Crippen molar-refractivity contribution in [1.29, 1.82) is 0 Å². The third kappa shape index (κ3) is 4.07. The van der Waals surface area contributed by atoms with E-state index >= 15 is 0 Å². The van der Waals surface area contributed by atoms with Crippen LogP contribution in [-0.2, 0) is 17.8 Å². The van der Waals surface area contributed by atoms with E-state index in [4.69, 9.17) is 23.2 Å². The van der Waals surface area contributed by atoms with E-state index in [1.807, 2.05) is 17.0 Å². The molecule has 4 heteroatoms. The van der Waals surface area contributed by atoms with Crippen LogP contribution in [0.1, 0.15) is 47.9 Å². The van der Waals surface area contributed by atoms with Crippen LogP contribution < -0.4 is 0 Å². The van der Waals surface area contributed by atoms with Crippen molar-refractivity contribution < 1.29 is 4.79 Å². The predicted octanol–water partition coefficient (Wildman–Crippen LogP) is 6.12. The van der Waals surface area contributed by atoms with Crippen molar-refractivity contribution >= 4 is 29.6 Å². The molecule has 26 heavy (non-hydrogen) atoms. The highest BCUT2D eigenvalue weighted by Crippen LogP contribution is 2.39. The molecule has 2 aromatic carbocycles. The quantitative estimate of drug-likeness (QED) is 0.544. The first-order valence-corrected chi connectivity index (χ1v) is 9.91. The molecule has 0 heterocycles. The zero-order chi connectivity index (χ0) is 18.7. The molecule has 0 atom stereocenters. The molecule has 1 aliphatic rings. The number of nitrogens with zero attached hydrogens (tertiary/aromatic N) is 1. The molecule has 3 rings (SSSR count). The van der Waals surface area contributed by atoms with E-state index in [9.17, 15) is 4.79 Å². The topological polar surface area (TPSA) is 20.3 Å². The van der Waals surface area contributed by atoms with Crippen LogP contribution in [0.25, 0.3) is 0 Å². The fourth-order valence-corrected chi connectivity index (χ4v) is 4.42. The van der Waals surface area contributed by atoms with Crippen molar-refractivity contribution in [2.75, 3.05) is 0 Å². The fraction of sp³-hybridized carbons (Fsp3) is 0.409. The Morgan fingerprint density at radius 1 is 1.04 bits per heavy atom. The number of hydrogen-bond acceptors (Lipinski definition) is 1. The van der Waals surface area contributed by atoms with E-state index in [1.165, 1.54) is 16.7 Å². The summed E-state index contributed by atoms with van der Waals surface area (Å²) in [4.78, 5) is 14.0. The molecule has 0 radical (unpaired) electrons. The summed E-state index contributed by atoms with van der Waals surface area (Å²) in [7, 11) is 0. The van der Waals surface area contributed by atoms with Crippen LogP contribution in [0.2, 0.25) is 10.0 Å². The number of rotatable bonds is 6. The normalized spacial score (nSPS) is 15.8. The molecule has 1 amide bonds. The fourth-order valence-electron chi connectivity index (χ4n) is 4.10. The highest BCUT2D eigenvalue weighted by Gasteiger charge is 2.39. The number of amides is 1. The first-order valence-electron chi connectivity index (χ1n) is 9.16. The minimum Gasteiger partial charge on any atom is -0.335 e. The van der Waals surface area contributed by atoms with Gasteiger partial charge in [0.15, 0.2) is 0 Å². The molecule has 0 aliphatic heterocycles. The van der Waals surface area contributed by atoms with E-state index in [-0.39, 0.29) is 5.54 Å². The van der Waals surface area contributed by atoms with Gasteiger partial charge in [-0.25, -0.2) is 0 Å². The summed E-state index contributed by atoms with van der Waals surface area (Å²) < 4.78 is 0. The summed E-state index contributed by atoms with van der Waals surface area (Å²) in [6.45, 7) is 4.84. The number of carbonyl (C=O) groups is 1. The molecule has 0 unspecified atom stereocenters. The summed E-state index contributed by atoms with van der Waals surface area (Å²) in [5, 5.41) is 1.07. The minimum atomic E-state index is -0.119. The Bertz CT molecular complexity index is 797. The van der Waals surface area contributed by atoms with Crippen molar-refractivity contribution in [3.8, 4) is 0 Å². The average molecular weight is 390 g/mol. The third-order valence-electron chi connectivity index (χ3n) is 5.63. The van der Waals surface area contributed by atoms with Crippen molar-refractivity contribution in [3.05, 3.63) is 68.7 Å². The van der Waals surface area contributed by atoms with E-state index in [1.54, 1.807) is 6.07 Å². The predicted molar refractivity (Wildman–Crippen MR) is 109 cm³/mol. The number of benzene rings is 2. The zero-order valence-corrected chi connectivity index (χ0v) is 16.9. The summed E-state index contributed by atoms with van der Waals surface area (Å²) in [6, 6.07) is 12.2. The minimum absolute atomic E-state index is 0.119. The molecular formula is C22H25Cl2NO. The van der Waals surface area contributed by atoms with E-state index in [0.717, 1.165) is 44.1 Å². The molecule has 0 saturated heterocycles. The lowest BCUT2D eigenvalue weighted by Crippen LogP contribution is -2.47. The lowest BCUT2D eigenvalue weighted by atomic mass is 9.85. The Morgan fingerprint density at radius 3 is 2.42 bits per heavy atom. The van der Waals surface area contributed by atoms with Gasteiger partial charge in [0.25, 0.3) is 0 Å². The Hall–Kier alpha value is -1.51. The van der Waals surface area contributed by atoms with Crippen molar-refractivity contribution in [2.45, 2.75) is 58.0 Å². The molecule has 0 N–H and O–H groups in total. The monoisotopic (exact) mass is 389 g/mol. The zero-order valence-electron chi connectivity index (χ0n) is 15.4. The highest BCUT2D eigenvalue weighted by molar-refractivity contribution is 6.42. The van der Waals surface area contributed by atoms with Crippen LogP contribution in [0.4, 0.5) is 0 Å². The smallest absolute Gasteiger partial charge is 0.210 e. The maximum absolute atomic E-state index is 12.1. The summed E-state index contributed by atoms with van der Waals surface area (Å²) in [6.07, 6.45) is 6.33. The Balaban J connectivity index is 1.89. The van der Waals surface area contributed by atoms with Gasteiger partial charge in [0, 0.05) is 12.1 Å². The molecule has 138 valence electrons. The van der Waals surface area contributed by atoms with E-state index in [2.05, 4.69) is 32.0 Å². The van der Waals surface area contributed by atoms with E-state index in [0.29, 0.717) is 16.6 Å². The number of aryl methyl sites for hydroxylation is 2. The van der Waals surface area contributed by atoms with E-state index < -0.39 is 0 Å². The molecule has 1 fully saturated rings. The van der Waals surface area contributed by atoms with Gasteiger partial charge in [0.05, 0.1) is 10.0 Å². The number of hydrogen-bond donors (Lipinski definition) is 0. The first-order chi connectivity index (χ1) is 12.4. The molecule has 2 aromatic rings. The van der Waals surface area contributed by atoms with Crippen LogP contribution in [-0.4, -0.2) is 16.8 Å². The Morgan fingerprint density at radius 2 is 1.77 bits per heavy atom. The maximum atomic E-state index is 12.1. The van der Waals surface area contributed by atoms with Gasteiger partial charge in [-0.1, -0.05) is 65.9 Å². The van der Waals surface area contributed by atoms with Gasteiger partial charge in [-0.3, -0.25) is 4.79 Å². The van der Waals surface area contributed by atoms with Gasteiger partial charge in [0.1, 0.15) is 0 Å². The molecular weight excluding hydrogens is 365 g/mol. The van der Waals surface area contributed by atoms with Crippen LogP contribution >= 0.6 is 23.2 Å². The highest BCUT2D eigenvalue weighted by atomic mass is 35.5. The van der Waals surface area contributed by atoms with Crippen LogP contribution in [0.5, 0.6) is 0 Å². The molecule has 0 spiro atoms. The SMILES string of the molecule is Cc1ccc(C)c(CC2(N(C=O)Cc3ccc(Cl)c(Cl)c3)CCCC2)c1. The number of carbonyl (C=O) groups excluding carboxylic acids is 1. The Kier molecular flexibility index (Phi) is 5.94. The largest absolute Gasteiger partial charge is 0.335 e. The standard InChI is InChI=1S/C22H25Cl2NO/c1-16-5-6-17(2)19(11-16)13-22(9-3-4-10-22)25(15-26)14-18-7-8-20(23)21(24)12-18/h5-8,11-12,15H,3-4,9-10,13-14H2,1-2H3. The summed E-state index contributed by atoms with van der Waals surface area (Å²) in [5.41, 5.74) is 4.79. The Labute approximate surface area is 166 Å². The number of halogens is 2. The van der Waals surface area contributed by atoms with Gasteiger partial charge in [-0.15, -0.1) is 0 Å². The van der Waals surface area contributed by atoms with Gasteiger partial charge < -0.3 is 4.90 Å².